The van der Waals surface area contributed by atoms with E-state index >= 15 is 0 Å². The zero-order valence-electron chi connectivity index (χ0n) is 9.67. The first-order valence-electron chi connectivity index (χ1n) is 5.33. The Labute approximate surface area is 123 Å². The van der Waals surface area contributed by atoms with Crippen molar-refractivity contribution < 1.29 is 0 Å². The molecule has 0 saturated heterocycles. The summed E-state index contributed by atoms with van der Waals surface area (Å²) in [5, 5.41) is 12.4. The van der Waals surface area contributed by atoms with Crippen LogP contribution in [0, 0.1) is 18.3 Å². The van der Waals surface area contributed by atoms with Crippen molar-refractivity contribution in [3.05, 3.63) is 56.5 Å². The van der Waals surface area contributed by atoms with Gasteiger partial charge in [-0.15, -0.1) is 0 Å². The number of nitrogens with zero attached hydrogens (tertiary/aromatic N) is 1. The number of aryl methyl sites for hydroxylation is 1. The SMILES string of the molecule is Cc1ccc(Nc2cccc(Br)c2C#N)c(Br)c1. The predicted octanol–water partition coefficient (Wildman–Crippen LogP) is 5.14. The normalized spacial score (nSPS) is 9.89. The summed E-state index contributed by atoms with van der Waals surface area (Å²) in [6.45, 7) is 2.04. The second-order valence-corrected chi connectivity index (χ2v) is 5.59. The third-order valence-corrected chi connectivity index (χ3v) is 3.84. The zero-order chi connectivity index (χ0) is 13.1. The fraction of sp³-hybridized carbons (Fsp3) is 0.0714. The maximum Gasteiger partial charge on any atom is 0.103 e. The van der Waals surface area contributed by atoms with Gasteiger partial charge in [-0.2, -0.15) is 5.26 Å². The highest BCUT2D eigenvalue weighted by Crippen LogP contribution is 2.30. The molecule has 2 rings (SSSR count). The van der Waals surface area contributed by atoms with Gasteiger partial charge in [-0.3, -0.25) is 0 Å². The smallest absolute Gasteiger partial charge is 0.103 e. The zero-order valence-corrected chi connectivity index (χ0v) is 12.8. The van der Waals surface area contributed by atoms with Crippen molar-refractivity contribution in [2.45, 2.75) is 6.92 Å². The maximum atomic E-state index is 9.16. The molecule has 4 heteroatoms. The van der Waals surface area contributed by atoms with Crippen LogP contribution in [0.5, 0.6) is 0 Å². The van der Waals surface area contributed by atoms with E-state index in [0.717, 1.165) is 20.3 Å². The minimum atomic E-state index is 0.602. The second kappa shape index (κ2) is 5.55. The van der Waals surface area contributed by atoms with E-state index in [1.54, 1.807) is 0 Å². The van der Waals surface area contributed by atoms with E-state index in [0.29, 0.717) is 5.56 Å². The Hall–Kier alpha value is -1.31. The van der Waals surface area contributed by atoms with Gasteiger partial charge >= 0.3 is 0 Å². The van der Waals surface area contributed by atoms with Crippen LogP contribution in [0.4, 0.5) is 11.4 Å². The molecule has 0 spiro atoms. The molecule has 0 bridgehead atoms. The van der Waals surface area contributed by atoms with Crippen LogP contribution in [-0.2, 0) is 0 Å². The predicted molar refractivity (Wildman–Crippen MR) is 81.0 cm³/mol. The van der Waals surface area contributed by atoms with Crippen molar-refractivity contribution in [3.63, 3.8) is 0 Å². The number of nitrogens with one attached hydrogen (secondary N) is 1. The quantitative estimate of drug-likeness (QED) is 0.800. The summed E-state index contributed by atoms with van der Waals surface area (Å²) in [6, 6.07) is 13.9. The van der Waals surface area contributed by atoms with E-state index in [2.05, 4.69) is 43.2 Å². The third-order valence-electron chi connectivity index (χ3n) is 2.52. The number of halogens is 2. The summed E-state index contributed by atoms with van der Waals surface area (Å²) in [6.07, 6.45) is 0. The Morgan fingerprint density at radius 1 is 1.06 bits per heavy atom. The van der Waals surface area contributed by atoms with Crippen molar-refractivity contribution >= 4 is 43.2 Å². The van der Waals surface area contributed by atoms with Crippen LogP contribution in [-0.4, -0.2) is 0 Å². The highest BCUT2D eigenvalue weighted by atomic mass is 79.9. The number of nitriles is 1. The Morgan fingerprint density at radius 2 is 1.83 bits per heavy atom. The second-order valence-electron chi connectivity index (χ2n) is 3.88. The van der Waals surface area contributed by atoms with E-state index in [4.69, 9.17) is 5.26 Å². The van der Waals surface area contributed by atoms with E-state index in [1.165, 1.54) is 5.56 Å². The van der Waals surface area contributed by atoms with Crippen molar-refractivity contribution in [2.24, 2.45) is 0 Å². The minimum Gasteiger partial charge on any atom is -0.353 e. The average molecular weight is 366 g/mol. The molecule has 1 N–H and O–H groups in total. The lowest BCUT2D eigenvalue weighted by Crippen LogP contribution is -1.95. The molecular formula is C14H10Br2N2. The molecule has 2 aromatic carbocycles. The lowest BCUT2D eigenvalue weighted by Gasteiger charge is -2.11. The van der Waals surface area contributed by atoms with Gasteiger partial charge in [0.2, 0.25) is 0 Å². The standard InChI is InChI=1S/C14H10Br2N2/c1-9-5-6-14(12(16)7-9)18-13-4-2-3-11(15)10(13)8-17/h2-7,18H,1H3. The molecule has 0 amide bonds. The van der Waals surface area contributed by atoms with Gasteiger partial charge in [0.1, 0.15) is 6.07 Å². The number of anilines is 2. The first-order chi connectivity index (χ1) is 8.61. The van der Waals surface area contributed by atoms with Gasteiger partial charge in [0.05, 0.1) is 16.9 Å². The molecule has 0 fully saturated rings. The molecule has 0 aliphatic rings. The van der Waals surface area contributed by atoms with Crippen LogP contribution in [0.3, 0.4) is 0 Å². The number of rotatable bonds is 2. The number of hydrogen-bond acceptors (Lipinski definition) is 2. The topological polar surface area (TPSA) is 35.8 Å². The summed E-state index contributed by atoms with van der Waals surface area (Å²) in [5.74, 6) is 0. The lowest BCUT2D eigenvalue weighted by molar-refractivity contribution is 1.41. The Bertz CT molecular complexity index is 630. The first kappa shape index (κ1) is 13.1. The molecular weight excluding hydrogens is 356 g/mol. The average Bonchev–Trinajstić information content (AvgIpc) is 2.33. The van der Waals surface area contributed by atoms with Crippen LogP contribution >= 0.6 is 31.9 Å². The molecule has 0 saturated carbocycles. The fourth-order valence-corrected chi connectivity index (χ4v) is 2.66. The van der Waals surface area contributed by atoms with Gasteiger partial charge in [0.15, 0.2) is 0 Å². The third kappa shape index (κ3) is 2.74. The van der Waals surface area contributed by atoms with E-state index in [-0.39, 0.29) is 0 Å². The minimum absolute atomic E-state index is 0.602. The largest absolute Gasteiger partial charge is 0.353 e. The van der Waals surface area contributed by atoms with Gasteiger partial charge in [-0.05, 0) is 68.6 Å². The lowest BCUT2D eigenvalue weighted by atomic mass is 10.1. The maximum absolute atomic E-state index is 9.16. The van der Waals surface area contributed by atoms with Crippen LogP contribution in [0.25, 0.3) is 0 Å². The monoisotopic (exact) mass is 364 g/mol. The molecule has 2 aromatic rings. The highest BCUT2D eigenvalue weighted by molar-refractivity contribution is 9.11. The van der Waals surface area contributed by atoms with Gasteiger partial charge in [0.25, 0.3) is 0 Å². The van der Waals surface area contributed by atoms with Gasteiger partial charge in [0, 0.05) is 8.95 Å². The van der Waals surface area contributed by atoms with Crippen molar-refractivity contribution in [1.29, 1.82) is 5.26 Å². The number of benzene rings is 2. The summed E-state index contributed by atoms with van der Waals surface area (Å²) in [4.78, 5) is 0. The molecule has 0 radical (unpaired) electrons. The molecule has 2 nitrogen and oxygen atoms in total. The first-order valence-corrected chi connectivity index (χ1v) is 6.92. The van der Waals surface area contributed by atoms with Crippen LogP contribution in [0.2, 0.25) is 0 Å². The molecule has 18 heavy (non-hydrogen) atoms. The molecule has 0 aliphatic carbocycles. The Kier molecular flexibility index (Phi) is 4.05. The van der Waals surface area contributed by atoms with E-state index < -0.39 is 0 Å². The van der Waals surface area contributed by atoms with Crippen molar-refractivity contribution in [2.75, 3.05) is 5.32 Å². The van der Waals surface area contributed by atoms with Crippen LogP contribution < -0.4 is 5.32 Å². The van der Waals surface area contributed by atoms with Gasteiger partial charge in [-0.1, -0.05) is 12.1 Å². The molecule has 0 atom stereocenters. The summed E-state index contributed by atoms with van der Waals surface area (Å²) < 4.78 is 1.77. The van der Waals surface area contributed by atoms with Crippen LogP contribution in [0.15, 0.2) is 45.3 Å². The van der Waals surface area contributed by atoms with E-state index in [9.17, 15) is 0 Å². The van der Waals surface area contributed by atoms with Crippen LogP contribution in [0.1, 0.15) is 11.1 Å². The highest BCUT2D eigenvalue weighted by Gasteiger charge is 2.07. The summed E-state index contributed by atoms with van der Waals surface area (Å²) in [5.41, 5.74) is 3.51. The van der Waals surface area contributed by atoms with Crippen molar-refractivity contribution in [1.82, 2.24) is 0 Å². The number of hydrogen-bond donors (Lipinski definition) is 1. The van der Waals surface area contributed by atoms with E-state index in [1.807, 2.05) is 43.3 Å². The van der Waals surface area contributed by atoms with Crippen molar-refractivity contribution in [3.8, 4) is 6.07 Å². The van der Waals surface area contributed by atoms with Gasteiger partial charge < -0.3 is 5.32 Å². The molecule has 0 aromatic heterocycles. The Morgan fingerprint density at radius 3 is 2.50 bits per heavy atom. The molecule has 0 aliphatic heterocycles. The van der Waals surface area contributed by atoms with Gasteiger partial charge in [-0.25, -0.2) is 0 Å². The summed E-state index contributed by atoms with van der Waals surface area (Å²) >= 11 is 6.89. The Balaban J connectivity index is 2.41. The molecule has 0 heterocycles. The molecule has 0 unspecified atom stereocenters. The fourth-order valence-electron chi connectivity index (χ4n) is 1.61. The summed E-state index contributed by atoms with van der Waals surface area (Å²) in [7, 11) is 0. The molecule has 90 valence electrons.